The average Bonchev–Trinajstić information content (AvgIpc) is 1.85. The maximum Gasteiger partial charge on any atom is 0.412 e. The summed E-state index contributed by atoms with van der Waals surface area (Å²) in [7, 11) is 0. The van der Waals surface area contributed by atoms with Crippen LogP contribution in [0.5, 0.6) is 0 Å². The van der Waals surface area contributed by atoms with Crippen LogP contribution < -0.4 is 0 Å². The van der Waals surface area contributed by atoms with Crippen LogP contribution >= 0.6 is 0 Å². The second-order valence-electron chi connectivity index (χ2n) is 2.12. The number of allylic oxidation sites excluding steroid dienone is 2. The van der Waals surface area contributed by atoms with E-state index in [2.05, 4.69) is 0 Å². The molecule has 0 aromatic heterocycles. The minimum Gasteiger partial charge on any atom is -0.200 e. The molecule has 0 saturated heterocycles. The van der Waals surface area contributed by atoms with Gasteiger partial charge in [0.2, 0.25) is 0 Å². The van der Waals surface area contributed by atoms with Crippen molar-refractivity contribution in [1.82, 2.24) is 0 Å². The van der Waals surface area contributed by atoms with Gasteiger partial charge in [0.25, 0.3) is 0 Å². The molecule has 0 aromatic rings. The molecule has 0 spiro atoms. The van der Waals surface area contributed by atoms with Crippen LogP contribution in [0.1, 0.15) is 19.8 Å². The third-order valence-electron chi connectivity index (χ3n) is 1.25. The lowest BCUT2D eigenvalue weighted by atomic mass is 10.1. The molecule has 0 aliphatic carbocycles. The molecule has 0 atom stereocenters. The highest BCUT2D eigenvalue weighted by Crippen LogP contribution is 2.29. The van der Waals surface area contributed by atoms with Crippen molar-refractivity contribution in [2.75, 3.05) is 0 Å². The fourth-order valence-corrected chi connectivity index (χ4v) is 0.661. The maximum atomic E-state index is 11.8. The predicted molar refractivity (Wildman–Crippen MR) is 34.5 cm³/mol. The van der Waals surface area contributed by atoms with Crippen LogP contribution in [0.4, 0.5) is 22.0 Å². The Hall–Kier alpha value is -0.610. The van der Waals surface area contributed by atoms with Crippen LogP contribution in [0.3, 0.4) is 0 Å². The first-order chi connectivity index (χ1) is 5.38. The van der Waals surface area contributed by atoms with Gasteiger partial charge in [0.15, 0.2) is 0 Å². The molecule has 71 valence electrons. The second-order valence-corrected chi connectivity index (χ2v) is 2.12. The van der Waals surface area contributed by atoms with E-state index in [-0.39, 0.29) is 6.42 Å². The number of halogens is 5. The summed E-state index contributed by atoms with van der Waals surface area (Å²) in [6, 6.07) is 0. The Labute approximate surface area is 67.1 Å². The molecule has 0 fully saturated rings. The summed E-state index contributed by atoms with van der Waals surface area (Å²) in [5.74, 6) is 0. The fourth-order valence-electron chi connectivity index (χ4n) is 0.661. The lowest BCUT2D eigenvalue weighted by Crippen LogP contribution is -2.11. The molecule has 0 rings (SSSR count). The lowest BCUT2D eigenvalue weighted by molar-refractivity contribution is -0.0938. The Kier molecular flexibility index (Phi) is 4.20. The Morgan fingerprint density at radius 3 is 2.00 bits per heavy atom. The first-order valence-corrected chi connectivity index (χ1v) is 3.31. The van der Waals surface area contributed by atoms with Crippen LogP contribution in [0.25, 0.3) is 0 Å². The summed E-state index contributed by atoms with van der Waals surface area (Å²) in [6.45, 7) is 1.27. The van der Waals surface area contributed by atoms with Crippen molar-refractivity contribution in [3.05, 3.63) is 18.1 Å². The molecule has 0 N–H and O–H groups in total. The zero-order valence-electron chi connectivity index (χ0n) is 6.38. The van der Waals surface area contributed by atoms with Crippen molar-refractivity contribution in [3.8, 4) is 0 Å². The van der Waals surface area contributed by atoms with Gasteiger partial charge in [-0.15, -0.1) is 0 Å². The van der Waals surface area contributed by atoms with Crippen molar-refractivity contribution in [2.24, 2.45) is 0 Å². The lowest BCUT2D eigenvalue weighted by Gasteiger charge is -2.08. The zero-order chi connectivity index (χ0) is 9.78. The van der Waals surface area contributed by atoms with Gasteiger partial charge in [-0.2, -0.15) is 22.0 Å². The Bertz CT molecular complexity index is 156. The van der Waals surface area contributed by atoms with Crippen LogP contribution in [-0.2, 0) is 0 Å². The standard InChI is InChI=1S/C7H8F5/c1-2-5(7(10,11)12)3-4-6(8)9/h3H,2,4H2,1H3. The summed E-state index contributed by atoms with van der Waals surface area (Å²) in [6.07, 6.45) is -7.18. The van der Waals surface area contributed by atoms with E-state index in [0.717, 1.165) is 0 Å². The molecular formula is C7H8F5. The maximum absolute atomic E-state index is 11.8. The van der Waals surface area contributed by atoms with Gasteiger partial charge in [0.1, 0.15) is 0 Å². The second kappa shape index (κ2) is 4.42. The van der Waals surface area contributed by atoms with Gasteiger partial charge in [-0.1, -0.05) is 13.0 Å². The van der Waals surface area contributed by atoms with E-state index in [1.54, 1.807) is 0 Å². The summed E-state index contributed by atoms with van der Waals surface area (Å²) in [5.41, 5.74) is -0.907. The molecule has 0 amide bonds. The zero-order valence-corrected chi connectivity index (χ0v) is 6.38. The topological polar surface area (TPSA) is 0 Å². The first kappa shape index (κ1) is 11.4. The van der Waals surface area contributed by atoms with Gasteiger partial charge in [0, 0.05) is 12.0 Å². The molecule has 0 aliphatic rings. The van der Waals surface area contributed by atoms with E-state index in [4.69, 9.17) is 0 Å². The smallest absolute Gasteiger partial charge is 0.200 e. The number of rotatable bonds is 3. The monoisotopic (exact) mass is 187 g/mol. The number of hydrogen-bond acceptors (Lipinski definition) is 0. The molecule has 0 aromatic carbocycles. The largest absolute Gasteiger partial charge is 0.412 e. The highest BCUT2D eigenvalue weighted by Gasteiger charge is 2.31. The van der Waals surface area contributed by atoms with E-state index >= 15 is 0 Å². The molecule has 0 saturated carbocycles. The van der Waals surface area contributed by atoms with Gasteiger partial charge in [-0.3, -0.25) is 0 Å². The average molecular weight is 187 g/mol. The minimum atomic E-state index is -4.48. The highest BCUT2D eigenvalue weighted by atomic mass is 19.4. The molecule has 5 heteroatoms. The van der Waals surface area contributed by atoms with E-state index in [9.17, 15) is 22.0 Å². The van der Waals surface area contributed by atoms with Gasteiger partial charge >= 0.3 is 12.6 Å². The SMILES string of the molecule is CCC(=CC[C](F)F)C(F)(F)F. The number of hydrogen-bond donors (Lipinski definition) is 0. The fraction of sp³-hybridized carbons (Fsp3) is 0.571. The van der Waals surface area contributed by atoms with Crippen molar-refractivity contribution in [1.29, 1.82) is 0 Å². The molecular weight excluding hydrogens is 179 g/mol. The van der Waals surface area contributed by atoms with Crippen LogP contribution in [0, 0.1) is 6.43 Å². The van der Waals surface area contributed by atoms with Gasteiger partial charge < -0.3 is 0 Å². The van der Waals surface area contributed by atoms with Gasteiger partial charge in [0.05, 0.1) is 0 Å². The Balaban J connectivity index is 4.24. The van der Waals surface area contributed by atoms with Crippen LogP contribution in [0.15, 0.2) is 11.6 Å². The predicted octanol–water partition coefficient (Wildman–Crippen LogP) is 3.70. The minimum absolute atomic E-state index is 0.281. The number of alkyl halides is 3. The highest BCUT2D eigenvalue weighted by molar-refractivity contribution is 5.09. The summed E-state index contributed by atoms with van der Waals surface area (Å²) < 4.78 is 58.4. The molecule has 0 heterocycles. The molecule has 0 unspecified atom stereocenters. The first-order valence-electron chi connectivity index (χ1n) is 3.31. The van der Waals surface area contributed by atoms with E-state index in [1.165, 1.54) is 6.92 Å². The molecule has 0 aliphatic heterocycles. The summed E-state index contributed by atoms with van der Waals surface area (Å²) in [5, 5.41) is 0. The Morgan fingerprint density at radius 2 is 1.75 bits per heavy atom. The van der Waals surface area contributed by atoms with Gasteiger partial charge in [-0.05, 0) is 6.42 Å². The van der Waals surface area contributed by atoms with Crippen molar-refractivity contribution >= 4 is 0 Å². The molecule has 12 heavy (non-hydrogen) atoms. The van der Waals surface area contributed by atoms with Crippen LogP contribution in [0.2, 0.25) is 0 Å². The van der Waals surface area contributed by atoms with E-state index in [0.29, 0.717) is 6.08 Å². The molecule has 0 nitrogen and oxygen atoms in total. The quantitative estimate of drug-likeness (QED) is 0.466. The van der Waals surface area contributed by atoms with E-state index < -0.39 is 24.6 Å². The molecule has 0 bridgehead atoms. The van der Waals surface area contributed by atoms with Crippen molar-refractivity contribution < 1.29 is 22.0 Å². The normalized spacial score (nSPS) is 14.1. The van der Waals surface area contributed by atoms with Gasteiger partial charge in [-0.25, -0.2) is 0 Å². The third-order valence-corrected chi connectivity index (χ3v) is 1.25. The molecule has 1 radical (unpaired) electrons. The summed E-state index contributed by atoms with van der Waals surface area (Å²) >= 11 is 0. The summed E-state index contributed by atoms with van der Waals surface area (Å²) in [4.78, 5) is 0. The Morgan fingerprint density at radius 1 is 1.25 bits per heavy atom. The van der Waals surface area contributed by atoms with Crippen LogP contribution in [-0.4, -0.2) is 6.18 Å². The van der Waals surface area contributed by atoms with Crippen molar-refractivity contribution in [3.63, 3.8) is 0 Å². The third kappa shape index (κ3) is 4.31. The van der Waals surface area contributed by atoms with E-state index in [1.807, 2.05) is 0 Å². The van der Waals surface area contributed by atoms with Crippen molar-refractivity contribution in [2.45, 2.75) is 25.9 Å².